The molecule has 4 rings (SSSR count). The Balaban J connectivity index is 1.63. The fourth-order valence-electron chi connectivity index (χ4n) is 4.05. The lowest BCUT2D eigenvalue weighted by molar-refractivity contribution is -0.117. The molecule has 1 aliphatic heterocycles. The zero-order chi connectivity index (χ0) is 22.0. The fraction of sp³-hybridized carbons (Fsp3) is 0.292. The molecule has 1 amide bonds. The maximum Gasteiger partial charge on any atom is 0.238 e. The lowest BCUT2D eigenvalue weighted by atomic mass is 9.91. The molecule has 0 aliphatic carbocycles. The van der Waals surface area contributed by atoms with Gasteiger partial charge in [0, 0.05) is 22.1 Å². The van der Waals surface area contributed by atoms with Gasteiger partial charge in [-0.3, -0.25) is 9.69 Å². The summed E-state index contributed by atoms with van der Waals surface area (Å²) >= 11 is 7.80. The van der Waals surface area contributed by atoms with Crippen LogP contribution in [0.3, 0.4) is 0 Å². The second kappa shape index (κ2) is 9.30. The Morgan fingerprint density at radius 1 is 1.19 bits per heavy atom. The molecule has 5 nitrogen and oxygen atoms in total. The Hall–Kier alpha value is -2.54. The molecule has 1 unspecified atom stereocenters. The van der Waals surface area contributed by atoms with E-state index in [-0.39, 0.29) is 18.5 Å². The first-order chi connectivity index (χ1) is 15.0. The number of nitrogens with one attached hydrogen (secondary N) is 1. The molecule has 1 atom stereocenters. The highest BCUT2D eigenvalue weighted by Gasteiger charge is 2.32. The number of benzene rings is 2. The predicted octanol–water partition coefficient (Wildman–Crippen LogP) is 5.31. The highest BCUT2D eigenvalue weighted by Crippen LogP contribution is 2.42. The van der Waals surface area contributed by atoms with Crippen LogP contribution < -0.4 is 14.8 Å². The Morgan fingerprint density at radius 2 is 1.97 bits per heavy atom. The molecule has 0 spiro atoms. The van der Waals surface area contributed by atoms with E-state index in [1.807, 2.05) is 31.2 Å². The number of nitrogens with zero attached hydrogens (tertiary/aromatic N) is 1. The topological polar surface area (TPSA) is 50.8 Å². The zero-order valence-corrected chi connectivity index (χ0v) is 19.3. The molecule has 2 heterocycles. The highest BCUT2D eigenvalue weighted by molar-refractivity contribution is 7.10. The van der Waals surface area contributed by atoms with E-state index in [2.05, 4.69) is 27.7 Å². The number of carbonyl (C=O) groups is 1. The third-order valence-electron chi connectivity index (χ3n) is 5.61. The second-order valence-corrected chi connectivity index (χ2v) is 8.97. The average molecular weight is 457 g/mol. The van der Waals surface area contributed by atoms with Gasteiger partial charge in [-0.2, -0.15) is 0 Å². The van der Waals surface area contributed by atoms with E-state index in [4.69, 9.17) is 21.1 Å². The smallest absolute Gasteiger partial charge is 0.238 e. The van der Waals surface area contributed by atoms with Crippen molar-refractivity contribution in [1.29, 1.82) is 0 Å². The SMILES string of the molecule is COc1cc2c(cc1OC)C(c1cccs1)N(CC(=O)Nc1cc(Cl)ccc1C)CC2. The summed E-state index contributed by atoms with van der Waals surface area (Å²) in [5.41, 5.74) is 4.10. The van der Waals surface area contributed by atoms with Gasteiger partial charge >= 0.3 is 0 Å². The molecule has 162 valence electrons. The first kappa shape index (κ1) is 21.7. The van der Waals surface area contributed by atoms with Crippen LogP contribution in [0.4, 0.5) is 5.69 Å². The summed E-state index contributed by atoms with van der Waals surface area (Å²) in [7, 11) is 3.30. The van der Waals surface area contributed by atoms with Gasteiger partial charge in [0.2, 0.25) is 5.91 Å². The number of thiophene rings is 1. The third-order valence-corrected chi connectivity index (χ3v) is 6.77. The summed E-state index contributed by atoms with van der Waals surface area (Å²) in [6.45, 7) is 3.01. The van der Waals surface area contributed by atoms with Crippen LogP contribution in [0.15, 0.2) is 47.8 Å². The zero-order valence-electron chi connectivity index (χ0n) is 17.8. The van der Waals surface area contributed by atoms with Crippen LogP contribution in [0.1, 0.15) is 27.6 Å². The van der Waals surface area contributed by atoms with Gasteiger partial charge in [-0.15, -0.1) is 11.3 Å². The number of amides is 1. The molecule has 0 radical (unpaired) electrons. The average Bonchev–Trinajstić information content (AvgIpc) is 3.29. The maximum absolute atomic E-state index is 13.0. The number of rotatable bonds is 6. The third kappa shape index (κ3) is 4.56. The molecule has 0 saturated heterocycles. The van der Waals surface area contributed by atoms with Crippen LogP contribution in [0.2, 0.25) is 5.02 Å². The van der Waals surface area contributed by atoms with Crippen molar-refractivity contribution in [2.75, 3.05) is 32.6 Å². The van der Waals surface area contributed by atoms with Gasteiger partial charge in [-0.1, -0.05) is 23.7 Å². The van der Waals surface area contributed by atoms with Gasteiger partial charge in [0.05, 0.1) is 26.8 Å². The van der Waals surface area contributed by atoms with Crippen LogP contribution >= 0.6 is 22.9 Å². The van der Waals surface area contributed by atoms with E-state index in [1.165, 1.54) is 10.4 Å². The number of anilines is 1. The fourth-order valence-corrected chi connectivity index (χ4v) is 5.10. The first-order valence-electron chi connectivity index (χ1n) is 10.1. The lowest BCUT2D eigenvalue weighted by Gasteiger charge is -2.37. The number of hydrogen-bond acceptors (Lipinski definition) is 5. The van der Waals surface area contributed by atoms with Gasteiger partial charge < -0.3 is 14.8 Å². The summed E-state index contributed by atoms with van der Waals surface area (Å²) in [6, 6.07) is 13.8. The number of fused-ring (bicyclic) bond motifs is 1. The summed E-state index contributed by atoms with van der Waals surface area (Å²) in [5, 5.41) is 5.69. The predicted molar refractivity (Wildman–Crippen MR) is 126 cm³/mol. The van der Waals surface area contributed by atoms with Crippen molar-refractivity contribution in [3.8, 4) is 11.5 Å². The molecule has 1 aliphatic rings. The largest absolute Gasteiger partial charge is 0.493 e. The van der Waals surface area contributed by atoms with E-state index in [0.717, 1.165) is 35.5 Å². The van der Waals surface area contributed by atoms with Crippen LogP contribution in [0.25, 0.3) is 0 Å². The van der Waals surface area contributed by atoms with Crippen molar-refractivity contribution in [1.82, 2.24) is 4.90 Å². The monoisotopic (exact) mass is 456 g/mol. The van der Waals surface area contributed by atoms with Crippen LogP contribution in [-0.4, -0.2) is 38.1 Å². The Kier molecular flexibility index (Phi) is 6.51. The van der Waals surface area contributed by atoms with Crippen LogP contribution in [-0.2, 0) is 11.2 Å². The molecule has 2 aromatic carbocycles. The van der Waals surface area contributed by atoms with Crippen LogP contribution in [0, 0.1) is 6.92 Å². The molecular formula is C24H25ClN2O3S. The van der Waals surface area contributed by atoms with Crippen molar-refractivity contribution in [3.05, 3.63) is 74.4 Å². The lowest BCUT2D eigenvalue weighted by Crippen LogP contribution is -2.41. The molecule has 1 N–H and O–H groups in total. The summed E-state index contributed by atoms with van der Waals surface area (Å²) in [5.74, 6) is 1.37. The van der Waals surface area contributed by atoms with Crippen molar-refractivity contribution < 1.29 is 14.3 Å². The normalized spacial score (nSPS) is 15.9. The molecule has 0 saturated carbocycles. The van der Waals surface area contributed by atoms with Crippen molar-refractivity contribution in [2.24, 2.45) is 0 Å². The molecule has 7 heteroatoms. The molecule has 31 heavy (non-hydrogen) atoms. The van der Waals surface area contributed by atoms with Gasteiger partial charge in [-0.05, 0) is 65.7 Å². The van der Waals surface area contributed by atoms with Gasteiger partial charge in [0.1, 0.15) is 0 Å². The second-order valence-electron chi connectivity index (χ2n) is 7.55. The number of methoxy groups -OCH3 is 2. The number of carbonyl (C=O) groups excluding carboxylic acids is 1. The van der Waals surface area contributed by atoms with Crippen molar-refractivity contribution in [3.63, 3.8) is 0 Å². The highest BCUT2D eigenvalue weighted by atomic mass is 35.5. The standard InChI is InChI=1S/C24H25ClN2O3S/c1-15-6-7-17(25)12-19(15)26-23(28)14-27-9-8-16-11-20(29-2)21(30-3)13-18(16)24(27)22-5-4-10-31-22/h4-7,10-13,24H,8-9,14H2,1-3H3,(H,26,28). The Labute approximate surface area is 191 Å². The minimum absolute atomic E-state index is 0.0187. The number of ether oxygens (including phenoxy) is 2. The molecule has 1 aromatic heterocycles. The first-order valence-corrected chi connectivity index (χ1v) is 11.3. The summed E-state index contributed by atoms with van der Waals surface area (Å²) < 4.78 is 11.1. The molecule has 0 fully saturated rings. The number of aryl methyl sites for hydroxylation is 1. The van der Waals surface area contributed by atoms with E-state index < -0.39 is 0 Å². The Bertz CT molecular complexity index is 1080. The molecule has 3 aromatic rings. The molecular weight excluding hydrogens is 432 g/mol. The summed E-state index contributed by atoms with van der Waals surface area (Å²) in [6.07, 6.45) is 0.834. The minimum Gasteiger partial charge on any atom is -0.493 e. The quantitative estimate of drug-likeness (QED) is 0.545. The van der Waals surface area contributed by atoms with Crippen LogP contribution in [0.5, 0.6) is 11.5 Å². The summed E-state index contributed by atoms with van der Waals surface area (Å²) in [4.78, 5) is 16.4. The van der Waals surface area contributed by atoms with Gasteiger partial charge in [-0.25, -0.2) is 0 Å². The minimum atomic E-state index is -0.0594. The van der Waals surface area contributed by atoms with E-state index in [1.54, 1.807) is 31.6 Å². The Morgan fingerprint density at radius 3 is 2.68 bits per heavy atom. The van der Waals surface area contributed by atoms with Gasteiger partial charge in [0.15, 0.2) is 11.5 Å². The van der Waals surface area contributed by atoms with E-state index >= 15 is 0 Å². The van der Waals surface area contributed by atoms with Gasteiger partial charge in [0.25, 0.3) is 0 Å². The van der Waals surface area contributed by atoms with Crippen molar-refractivity contribution in [2.45, 2.75) is 19.4 Å². The number of halogens is 1. The van der Waals surface area contributed by atoms with Crippen molar-refractivity contribution >= 4 is 34.5 Å². The maximum atomic E-state index is 13.0. The van der Waals surface area contributed by atoms with E-state index in [0.29, 0.717) is 10.8 Å². The van der Waals surface area contributed by atoms with E-state index in [9.17, 15) is 4.79 Å². The molecule has 0 bridgehead atoms. The number of hydrogen-bond donors (Lipinski definition) is 1.